The van der Waals surface area contributed by atoms with Crippen LogP contribution in [0.25, 0.3) is 0 Å². The van der Waals surface area contributed by atoms with Gasteiger partial charge in [-0.15, -0.1) is 0 Å². The Morgan fingerprint density at radius 1 is 1.64 bits per heavy atom. The predicted octanol–water partition coefficient (Wildman–Crippen LogP) is 0.711. The summed E-state index contributed by atoms with van der Waals surface area (Å²) in [5.74, 6) is 0. The molecule has 0 aromatic heterocycles. The Bertz CT molecular complexity index is 358. The third-order valence-electron chi connectivity index (χ3n) is 2.67. The summed E-state index contributed by atoms with van der Waals surface area (Å²) in [6.07, 6.45) is 1.72. The summed E-state index contributed by atoms with van der Waals surface area (Å²) in [6, 6.07) is 0. The lowest BCUT2D eigenvalue weighted by Crippen LogP contribution is -2.54. The van der Waals surface area contributed by atoms with Crippen molar-refractivity contribution in [3.8, 4) is 0 Å². The van der Waals surface area contributed by atoms with Crippen molar-refractivity contribution >= 4 is 22.5 Å². The van der Waals surface area contributed by atoms with Crippen LogP contribution in [0.5, 0.6) is 0 Å². The third kappa shape index (κ3) is 1.19. The normalized spacial score (nSPS) is 35.9. The van der Waals surface area contributed by atoms with Crippen molar-refractivity contribution in [1.29, 1.82) is 0 Å². The molecular weight excluding hydrogens is 196 g/mol. The van der Waals surface area contributed by atoms with E-state index in [1.165, 1.54) is 0 Å². The summed E-state index contributed by atoms with van der Waals surface area (Å²) in [7, 11) is 1.89. The molecule has 0 spiro atoms. The molecule has 0 bridgehead atoms. The third-order valence-corrected chi connectivity index (χ3v) is 3.64. The van der Waals surface area contributed by atoms with Gasteiger partial charge in [0, 0.05) is 6.20 Å². The molecule has 0 saturated heterocycles. The van der Waals surface area contributed by atoms with Crippen molar-refractivity contribution in [2.45, 2.75) is 24.8 Å². The molecule has 3 N–H and O–H groups in total. The smallest absolute Gasteiger partial charge is 0.122 e. The molecule has 0 aromatic carbocycles. The van der Waals surface area contributed by atoms with E-state index in [4.69, 9.17) is 5.73 Å². The van der Waals surface area contributed by atoms with Gasteiger partial charge in [0.05, 0.1) is 16.8 Å². The number of likely N-dealkylation sites (N-methyl/N-ethyl adjacent to an activating group) is 1. The molecule has 0 radical (unpaired) electrons. The minimum Gasteiger partial charge on any atom is -0.399 e. The van der Waals surface area contributed by atoms with Gasteiger partial charge >= 0.3 is 0 Å². The van der Waals surface area contributed by atoms with Crippen LogP contribution in [0, 0.1) is 0 Å². The van der Waals surface area contributed by atoms with Crippen LogP contribution in [0.1, 0.15) is 13.8 Å². The van der Waals surface area contributed by atoms with Crippen molar-refractivity contribution in [2.24, 2.45) is 15.7 Å². The maximum atomic E-state index is 5.93. The number of nitrogens with one attached hydrogen (secondary N) is 1. The fraction of sp³-hybridized carbons (Fsp3) is 0.556. The first-order valence-corrected chi connectivity index (χ1v) is 5.44. The highest BCUT2D eigenvalue weighted by Gasteiger charge is 2.41. The number of fused-ring (bicyclic) bond motifs is 1. The Labute approximate surface area is 87.8 Å². The van der Waals surface area contributed by atoms with Crippen molar-refractivity contribution in [1.82, 2.24) is 5.32 Å². The van der Waals surface area contributed by atoms with E-state index in [1.54, 1.807) is 18.0 Å². The molecule has 0 aliphatic carbocycles. The van der Waals surface area contributed by atoms with Gasteiger partial charge in [-0.25, -0.2) is 4.99 Å². The number of nitrogens with zero attached hydrogens (tertiary/aromatic N) is 2. The number of aliphatic imine (C=N–C) groups is 2. The van der Waals surface area contributed by atoms with Gasteiger partial charge in [-0.1, -0.05) is 11.8 Å². The van der Waals surface area contributed by atoms with Gasteiger partial charge in [0.15, 0.2) is 0 Å². The van der Waals surface area contributed by atoms with Crippen molar-refractivity contribution in [3.63, 3.8) is 0 Å². The van der Waals surface area contributed by atoms with Gasteiger partial charge in [-0.3, -0.25) is 4.99 Å². The first kappa shape index (κ1) is 9.73. The lowest BCUT2D eigenvalue weighted by molar-refractivity contribution is 0.583. The SMILES string of the molecule is CNC1(C)C(N)=CN=C2SC(C)N=C21. The molecule has 2 rings (SSSR count). The summed E-state index contributed by atoms with van der Waals surface area (Å²) in [5, 5.41) is 4.44. The summed E-state index contributed by atoms with van der Waals surface area (Å²) in [6.45, 7) is 4.09. The number of hydrogen-bond donors (Lipinski definition) is 2. The first-order chi connectivity index (χ1) is 6.58. The number of rotatable bonds is 1. The molecular formula is C9H14N4S. The summed E-state index contributed by atoms with van der Waals surface area (Å²) in [4.78, 5) is 8.84. The molecule has 2 unspecified atom stereocenters. The van der Waals surface area contributed by atoms with Crippen LogP contribution >= 0.6 is 11.8 Å². The van der Waals surface area contributed by atoms with Crippen LogP contribution in [0.3, 0.4) is 0 Å². The van der Waals surface area contributed by atoms with Gasteiger partial charge in [-0.2, -0.15) is 0 Å². The van der Waals surface area contributed by atoms with Crippen LogP contribution in [-0.4, -0.2) is 28.7 Å². The monoisotopic (exact) mass is 210 g/mol. The first-order valence-electron chi connectivity index (χ1n) is 4.56. The largest absolute Gasteiger partial charge is 0.399 e. The summed E-state index contributed by atoms with van der Waals surface area (Å²) in [5.41, 5.74) is 7.26. The van der Waals surface area contributed by atoms with E-state index in [9.17, 15) is 0 Å². The maximum absolute atomic E-state index is 5.93. The lowest BCUT2D eigenvalue weighted by atomic mass is 9.91. The van der Waals surface area contributed by atoms with E-state index in [2.05, 4.69) is 22.2 Å². The van der Waals surface area contributed by atoms with Crippen LogP contribution in [0.4, 0.5) is 0 Å². The summed E-state index contributed by atoms with van der Waals surface area (Å²) < 4.78 is 0. The maximum Gasteiger partial charge on any atom is 0.122 e. The molecule has 76 valence electrons. The number of hydrogen-bond acceptors (Lipinski definition) is 5. The molecule has 2 heterocycles. The minimum absolute atomic E-state index is 0.246. The van der Waals surface area contributed by atoms with Crippen LogP contribution in [0.2, 0.25) is 0 Å². The molecule has 2 aliphatic rings. The Kier molecular flexibility index (Phi) is 2.16. The Morgan fingerprint density at radius 2 is 2.36 bits per heavy atom. The highest BCUT2D eigenvalue weighted by molar-refractivity contribution is 8.16. The Hall–Kier alpha value is -0.810. The minimum atomic E-state index is -0.352. The zero-order valence-corrected chi connectivity index (χ0v) is 9.35. The highest BCUT2D eigenvalue weighted by Crippen LogP contribution is 2.32. The molecule has 0 aromatic rings. The predicted molar refractivity (Wildman–Crippen MR) is 61.7 cm³/mol. The van der Waals surface area contributed by atoms with Crippen LogP contribution in [0.15, 0.2) is 21.9 Å². The lowest BCUT2D eigenvalue weighted by Gasteiger charge is -2.31. The van der Waals surface area contributed by atoms with E-state index >= 15 is 0 Å². The number of thioether (sulfide) groups is 1. The molecule has 0 saturated carbocycles. The van der Waals surface area contributed by atoms with Gasteiger partial charge < -0.3 is 11.1 Å². The van der Waals surface area contributed by atoms with Gasteiger partial charge in [0.2, 0.25) is 0 Å². The highest BCUT2D eigenvalue weighted by atomic mass is 32.2. The van der Waals surface area contributed by atoms with E-state index in [1.807, 2.05) is 14.0 Å². The quantitative estimate of drug-likeness (QED) is 0.670. The van der Waals surface area contributed by atoms with Gasteiger partial charge in [0.1, 0.15) is 10.6 Å². The zero-order valence-electron chi connectivity index (χ0n) is 8.53. The molecule has 2 atom stereocenters. The molecule has 0 fully saturated rings. The van der Waals surface area contributed by atoms with Crippen molar-refractivity contribution in [2.75, 3.05) is 7.05 Å². The van der Waals surface area contributed by atoms with Gasteiger partial charge in [-0.05, 0) is 20.9 Å². The zero-order chi connectivity index (χ0) is 10.3. The Morgan fingerprint density at radius 3 is 3.00 bits per heavy atom. The molecule has 5 heteroatoms. The number of nitrogens with two attached hydrogens (primary N) is 1. The van der Waals surface area contributed by atoms with Crippen molar-refractivity contribution in [3.05, 3.63) is 11.9 Å². The van der Waals surface area contributed by atoms with Crippen molar-refractivity contribution < 1.29 is 0 Å². The van der Waals surface area contributed by atoms with E-state index in [0.717, 1.165) is 16.5 Å². The second-order valence-electron chi connectivity index (χ2n) is 3.59. The second-order valence-corrected chi connectivity index (χ2v) is 4.89. The van der Waals surface area contributed by atoms with E-state index < -0.39 is 0 Å². The topological polar surface area (TPSA) is 62.8 Å². The average molecular weight is 210 g/mol. The summed E-state index contributed by atoms with van der Waals surface area (Å²) >= 11 is 1.68. The molecule has 14 heavy (non-hydrogen) atoms. The second kappa shape index (κ2) is 3.10. The molecule has 0 amide bonds. The molecule has 2 aliphatic heterocycles. The average Bonchev–Trinajstić information content (AvgIpc) is 2.54. The van der Waals surface area contributed by atoms with E-state index in [0.29, 0.717) is 0 Å². The fourth-order valence-electron chi connectivity index (χ4n) is 1.57. The van der Waals surface area contributed by atoms with Crippen LogP contribution in [-0.2, 0) is 0 Å². The van der Waals surface area contributed by atoms with Crippen LogP contribution < -0.4 is 11.1 Å². The van der Waals surface area contributed by atoms with Gasteiger partial charge in [0.25, 0.3) is 0 Å². The Balaban J connectivity index is 2.48. The molecule has 4 nitrogen and oxygen atoms in total. The standard InChI is InChI=1S/C9H14N4S/c1-5-13-7-8(14-5)12-4-6(10)9(7,2)11-3/h4-5,11H,10H2,1-3H3. The van der Waals surface area contributed by atoms with E-state index in [-0.39, 0.29) is 10.9 Å². The fourth-order valence-corrected chi connectivity index (χ4v) is 2.54.